The van der Waals surface area contributed by atoms with E-state index in [0.717, 1.165) is 11.1 Å². The zero-order valence-electron chi connectivity index (χ0n) is 12.2. The van der Waals surface area contributed by atoms with Gasteiger partial charge in [0.1, 0.15) is 5.75 Å². The molecule has 4 heteroatoms. The van der Waals surface area contributed by atoms with E-state index in [1.807, 2.05) is 32.9 Å². The molecular weight excluding hydrogens is 254 g/mol. The highest BCUT2D eigenvalue weighted by Crippen LogP contribution is 2.27. The SMILES string of the molecule is CCc1c(C)cc(O)n(-c2cc(C)ccc2OC)c1=O. The normalized spacial score (nSPS) is 10.6. The molecule has 0 aliphatic carbocycles. The lowest BCUT2D eigenvalue weighted by molar-refractivity contribution is 0.403. The topological polar surface area (TPSA) is 51.5 Å². The summed E-state index contributed by atoms with van der Waals surface area (Å²) in [6.45, 7) is 5.69. The van der Waals surface area contributed by atoms with Crippen molar-refractivity contribution in [3.05, 3.63) is 51.3 Å². The molecule has 0 bridgehead atoms. The Labute approximate surface area is 118 Å². The first-order chi connectivity index (χ1) is 9.49. The van der Waals surface area contributed by atoms with Crippen molar-refractivity contribution in [2.24, 2.45) is 0 Å². The first-order valence-corrected chi connectivity index (χ1v) is 6.59. The van der Waals surface area contributed by atoms with Crippen molar-refractivity contribution in [1.82, 2.24) is 4.57 Å². The van der Waals surface area contributed by atoms with Crippen LogP contribution in [0.1, 0.15) is 23.6 Å². The third-order valence-electron chi connectivity index (χ3n) is 3.44. The molecule has 0 aliphatic rings. The molecule has 1 aromatic carbocycles. The highest BCUT2D eigenvalue weighted by Gasteiger charge is 2.15. The zero-order chi connectivity index (χ0) is 14.9. The molecule has 0 saturated heterocycles. The Morgan fingerprint density at radius 2 is 1.95 bits per heavy atom. The summed E-state index contributed by atoms with van der Waals surface area (Å²) < 4.78 is 6.60. The van der Waals surface area contributed by atoms with Crippen molar-refractivity contribution in [2.45, 2.75) is 27.2 Å². The molecule has 2 aromatic rings. The first kappa shape index (κ1) is 14.2. The van der Waals surface area contributed by atoms with Gasteiger partial charge in [-0.3, -0.25) is 4.79 Å². The highest BCUT2D eigenvalue weighted by atomic mass is 16.5. The largest absolute Gasteiger partial charge is 0.495 e. The number of hydrogen-bond donors (Lipinski definition) is 1. The third-order valence-corrected chi connectivity index (χ3v) is 3.44. The van der Waals surface area contributed by atoms with Gasteiger partial charge in [0.2, 0.25) is 0 Å². The van der Waals surface area contributed by atoms with Crippen LogP contribution >= 0.6 is 0 Å². The number of rotatable bonds is 3. The Morgan fingerprint density at radius 3 is 2.55 bits per heavy atom. The fourth-order valence-corrected chi connectivity index (χ4v) is 2.39. The number of pyridine rings is 1. The van der Waals surface area contributed by atoms with E-state index in [4.69, 9.17) is 4.74 Å². The van der Waals surface area contributed by atoms with Crippen molar-refractivity contribution >= 4 is 0 Å². The van der Waals surface area contributed by atoms with Crippen LogP contribution in [0.25, 0.3) is 5.69 Å². The second-order valence-electron chi connectivity index (χ2n) is 4.83. The second kappa shape index (κ2) is 5.41. The van der Waals surface area contributed by atoms with Crippen molar-refractivity contribution in [3.63, 3.8) is 0 Å². The molecule has 0 atom stereocenters. The molecular formula is C16H19NO3. The van der Waals surface area contributed by atoms with E-state index in [1.165, 1.54) is 4.57 Å². The Morgan fingerprint density at radius 1 is 1.25 bits per heavy atom. The van der Waals surface area contributed by atoms with Crippen molar-refractivity contribution in [2.75, 3.05) is 7.11 Å². The lowest BCUT2D eigenvalue weighted by atomic mass is 10.1. The van der Waals surface area contributed by atoms with E-state index in [-0.39, 0.29) is 11.4 Å². The second-order valence-corrected chi connectivity index (χ2v) is 4.83. The molecule has 106 valence electrons. The molecule has 0 unspecified atom stereocenters. The van der Waals surface area contributed by atoms with Crippen LogP contribution in [0.4, 0.5) is 0 Å². The van der Waals surface area contributed by atoms with Gasteiger partial charge in [-0.2, -0.15) is 0 Å². The fraction of sp³-hybridized carbons (Fsp3) is 0.312. The minimum Gasteiger partial charge on any atom is -0.495 e. The van der Waals surface area contributed by atoms with Crippen molar-refractivity contribution in [3.8, 4) is 17.3 Å². The standard InChI is InChI=1S/C16H19NO3/c1-5-12-11(3)9-15(18)17(16(12)19)13-8-10(2)6-7-14(13)20-4/h6-9,18H,5H2,1-4H3. The van der Waals surface area contributed by atoms with Gasteiger partial charge in [0.15, 0.2) is 5.88 Å². The summed E-state index contributed by atoms with van der Waals surface area (Å²) in [5.74, 6) is 0.479. The van der Waals surface area contributed by atoms with Crippen LogP contribution in [-0.4, -0.2) is 16.8 Å². The lowest BCUT2D eigenvalue weighted by Crippen LogP contribution is -2.23. The van der Waals surface area contributed by atoms with Gasteiger partial charge in [0.25, 0.3) is 5.56 Å². The van der Waals surface area contributed by atoms with Crippen LogP contribution in [-0.2, 0) is 6.42 Å². The number of aryl methyl sites for hydroxylation is 2. The molecule has 4 nitrogen and oxygen atoms in total. The average Bonchev–Trinajstić information content (AvgIpc) is 2.39. The van der Waals surface area contributed by atoms with Crippen LogP contribution in [0, 0.1) is 13.8 Å². The smallest absolute Gasteiger partial charge is 0.261 e. The first-order valence-electron chi connectivity index (χ1n) is 6.59. The van der Waals surface area contributed by atoms with Gasteiger partial charge in [-0.1, -0.05) is 13.0 Å². The van der Waals surface area contributed by atoms with E-state index in [1.54, 1.807) is 19.2 Å². The van der Waals surface area contributed by atoms with Gasteiger partial charge in [-0.25, -0.2) is 4.57 Å². The third kappa shape index (κ3) is 2.29. The lowest BCUT2D eigenvalue weighted by Gasteiger charge is -2.15. The van der Waals surface area contributed by atoms with Crippen molar-refractivity contribution < 1.29 is 9.84 Å². The molecule has 20 heavy (non-hydrogen) atoms. The number of benzene rings is 1. The molecule has 0 aliphatic heterocycles. The van der Waals surface area contributed by atoms with Gasteiger partial charge in [-0.15, -0.1) is 0 Å². The van der Waals surface area contributed by atoms with Crippen LogP contribution in [0.3, 0.4) is 0 Å². The van der Waals surface area contributed by atoms with Crippen LogP contribution in [0.2, 0.25) is 0 Å². The quantitative estimate of drug-likeness (QED) is 0.935. The molecule has 1 N–H and O–H groups in total. The molecule has 0 fully saturated rings. The molecule has 0 amide bonds. The summed E-state index contributed by atoms with van der Waals surface area (Å²) in [5, 5.41) is 10.2. The Hall–Kier alpha value is -2.23. The van der Waals surface area contributed by atoms with Crippen LogP contribution in [0.15, 0.2) is 29.1 Å². The number of aromatic hydroxyl groups is 1. The average molecular weight is 273 g/mol. The maximum absolute atomic E-state index is 12.6. The molecule has 0 spiro atoms. The number of methoxy groups -OCH3 is 1. The van der Waals surface area contributed by atoms with Crippen LogP contribution < -0.4 is 10.3 Å². The van der Waals surface area contributed by atoms with E-state index in [2.05, 4.69) is 0 Å². The summed E-state index contributed by atoms with van der Waals surface area (Å²) >= 11 is 0. The number of ether oxygens (including phenoxy) is 1. The fourth-order valence-electron chi connectivity index (χ4n) is 2.39. The molecule has 1 aromatic heterocycles. The van der Waals surface area contributed by atoms with E-state index >= 15 is 0 Å². The van der Waals surface area contributed by atoms with E-state index < -0.39 is 0 Å². The maximum atomic E-state index is 12.6. The number of hydrogen-bond acceptors (Lipinski definition) is 3. The summed E-state index contributed by atoms with van der Waals surface area (Å²) in [5.41, 5.74) is 2.86. The summed E-state index contributed by atoms with van der Waals surface area (Å²) in [7, 11) is 1.55. The summed E-state index contributed by atoms with van der Waals surface area (Å²) in [4.78, 5) is 12.6. The Balaban J connectivity index is 2.83. The number of aromatic nitrogens is 1. The Bertz CT molecular complexity index is 702. The monoisotopic (exact) mass is 273 g/mol. The zero-order valence-corrected chi connectivity index (χ0v) is 12.2. The summed E-state index contributed by atoms with van der Waals surface area (Å²) in [6.07, 6.45) is 0.624. The van der Waals surface area contributed by atoms with E-state index in [0.29, 0.717) is 23.4 Å². The van der Waals surface area contributed by atoms with Gasteiger partial charge >= 0.3 is 0 Å². The minimum atomic E-state index is -0.200. The highest BCUT2D eigenvalue weighted by molar-refractivity contribution is 5.52. The maximum Gasteiger partial charge on any atom is 0.261 e. The predicted molar refractivity (Wildman–Crippen MR) is 79.1 cm³/mol. The predicted octanol–water partition coefficient (Wildman–Crippen LogP) is 2.73. The van der Waals surface area contributed by atoms with Gasteiger partial charge < -0.3 is 9.84 Å². The minimum absolute atomic E-state index is 0.0754. The summed E-state index contributed by atoms with van der Waals surface area (Å²) in [6, 6.07) is 7.14. The molecule has 0 radical (unpaired) electrons. The molecule has 2 rings (SSSR count). The number of nitrogens with zero attached hydrogens (tertiary/aromatic N) is 1. The molecule has 1 heterocycles. The van der Waals surface area contributed by atoms with Crippen LogP contribution in [0.5, 0.6) is 11.6 Å². The van der Waals surface area contributed by atoms with Crippen molar-refractivity contribution in [1.29, 1.82) is 0 Å². The molecule has 0 saturated carbocycles. The van der Waals surface area contributed by atoms with Gasteiger partial charge in [0.05, 0.1) is 12.8 Å². The van der Waals surface area contributed by atoms with E-state index in [9.17, 15) is 9.90 Å². The van der Waals surface area contributed by atoms with Gasteiger partial charge in [-0.05, 0) is 43.5 Å². The Kier molecular flexibility index (Phi) is 3.84. The van der Waals surface area contributed by atoms with Gasteiger partial charge in [0, 0.05) is 11.6 Å².